The van der Waals surface area contributed by atoms with Crippen molar-refractivity contribution in [3.63, 3.8) is 0 Å². The molecule has 0 radical (unpaired) electrons. The van der Waals surface area contributed by atoms with E-state index in [1.807, 2.05) is 0 Å². The summed E-state index contributed by atoms with van der Waals surface area (Å²) >= 11 is 0. The number of benzene rings is 4. The summed E-state index contributed by atoms with van der Waals surface area (Å²) in [6, 6.07) is 33.4. The number of aryl methyl sites for hydroxylation is 1. The first-order chi connectivity index (χ1) is 15.4. The highest BCUT2D eigenvalue weighted by molar-refractivity contribution is 5.71. The van der Waals surface area contributed by atoms with E-state index in [1.54, 1.807) is 0 Å². The smallest absolute Gasteiger partial charge is 0.185 e. The molecule has 31 heavy (non-hydrogen) atoms. The van der Waals surface area contributed by atoms with E-state index >= 15 is 0 Å². The van der Waals surface area contributed by atoms with Crippen LogP contribution in [0, 0.1) is 0 Å². The Hall–Kier alpha value is -3.32. The molecule has 150 valence electrons. The predicted octanol–water partition coefficient (Wildman–Crippen LogP) is 6.74. The van der Waals surface area contributed by atoms with Crippen molar-refractivity contribution in [1.29, 1.82) is 0 Å². The molecule has 4 aromatic carbocycles. The summed E-state index contributed by atoms with van der Waals surface area (Å²) in [4.78, 5) is 0. The summed E-state index contributed by atoms with van der Waals surface area (Å²) < 4.78 is 7.31. The third kappa shape index (κ3) is 2.21. The first-order valence-electron chi connectivity index (χ1n) is 11.5. The third-order valence-electron chi connectivity index (χ3n) is 7.57. The zero-order valence-electron chi connectivity index (χ0n) is 17.5. The van der Waals surface area contributed by atoms with Crippen LogP contribution in [0.25, 0.3) is 0 Å². The quantitative estimate of drug-likeness (QED) is 0.362. The molecule has 0 unspecified atom stereocenters. The van der Waals surface area contributed by atoms with E-state index in [1.165, 1.54) is 57.3 Å². The molecule has 1 heteroatoms. The molecule has 0 fully saturated rings. The fourth-order valence-electron chi connectivity index (χ4n) is 6.32. The summed E-state index contributed by atoms with van der Waals surface area (Å²) in [5, 5.41) is 0. The van der Waals surface area contributed by atoms with Gasteiger partial charge in [0.15, 0.2) is 5.60 Å². The summed E-state index contributed by atoms with van der Waals surface area (Å²) in [5.41, 5.74) is 10.3. The minimum absolute atomic E-state index is 0.277. The summed E-state index contributed by atoms with van der Waals surface area (Å²) in [6.45, 7) is 0. The monoisotopic (exact) mass is 400 g/mol. The largest absolute Gasteiger partial charge is 0.473 e. The summed E-state index contributed by atoms with van der Waals surface area (Å²) in [5.74, 6) is 1.33. The van der Waals surface area contributed by atoms with Crippen molar-refractivity contribution >= 4 is 0 Å². The number of ether oxygens (including phenoxy) is 1. The maximum atomic E-state index is 7.31. The summed E-state index contributed by atoms with van der Waals surface area (Å²) in [7, 11) is 0. The predicted molar refractivity (Wildman–Crippen MR) is 124 cm³/mol. The zero-order chi connectivity index (χ0) is 20.4. The van der Waals surface area contributed by atoms with Crippen molar-refractivity contribution < 1.29 is 4.74 Å². The van der Waals surface area contributed by atoms with Crippen molar-refractivity contribution in [2.45, 2.75) is 37.2 Å². The second-order valence-electron chi connectivity index (χ2n) is 9.08. The van der Waals surface area contributed by atoms with E-state index in [9.17, 15) is 0 Å². The van der Waals surface area contributed by atoms with Gasteiger partial charge in [0.05, 0.1) is 0 Å². The Morgan fingerprint density at radius 1 is 0.581 bits per heavy atom. The van der Waals surface area contributed by atoms with Crippen molar-refractivity contribution in [3.8, 4) is 5.75 Å². The molecule has 0 saturated carbocycles. The van der Waals surface area contributed by atoms with Gasteiger partial charge in [-0.25, -0.2) is 0 Å². The van der Waals surface area contributed by atoms with Gasteiger partial charge in [-0.1, -0.05) is 84.9 Å². The van der Waals surface area contributed by atoms with Crippen molar-refractivity contribution in [2.75, 3.05) is 0 Å². The van der Waals surface area contributed by atoms with Gasteiger partial charge < -0.3 is 4.74 Å². The molecule has 0 amide bonds. The maximum absolute atomic E-state index is 7.31. The molecule has 0 spiro atoms. The Bertz CT molecular complexity index is 1220. The molecule has 8 rings (SSSR count). The third-order valence-corrected chi connectivity index (χ3v) is 7.57. The van der Waals surface area contributed by atoms with E-state index < -0.39 is 5.60 Å². The fourth-order valence-corrected chi connectivity index (χ4v) is 6.32. The van der Waals surface area contributed by atoms with Gasteiger partial charge in [-0.05, 0) is 59.6 Å². The highest BCUT2D eigenvalue weighted by atomic mass is 16.5. The minimum Gasteiger partial charge on any atom is -0.473 e. The standard InChI is InChI=1S/C30H24O/c1-2-12-21-20(10-1)11-9-19-28(21)31-30-25-16-6-3-13-22(25)29(23-14-4-7-17-26(23)30)24-15-5-8-18-27(24)30/h3-9,11,13-19,29H,1-2,10,12H2. The second-order valence-corrected chi connectivity index (χ2v) is 9.08. The lowest BCUT2D eigenvalue weighted by atomic mass is 9.58. The molecule has 0 heterocycles. The van der Waals surface area contributed by atoms with Crippen LogP contribution in [0.4, 0.5) is 0 Å². The lowest BCUT2D eigenvalue weighted by molar-refractivity contribution is 0.140. The number of hydrogen-bond acceptors (Lipinski definition) is 1. The van der Waals surface area contributed by atoms with Gasteiger partial charge in [-0.3, -0.25) is 0 Å². The van der Waals surface area contributed by atoms with Crippen LogP contribution in [-0.2, 0) is 18.4 Å². The Morgan fingerprint density at radius 3 is 1.74 bits per heavy atom. The second kappa shape index (κ2) is 6.34. The molecular formula is C30H24O. The molecule has 0 saturated heterocycles. The fraction of sp³-hybridized carbons (Fsp3) is 0.200. The van der Waals surface area contributed by atoms with E-state index in [2.05, 4.69) is 91.0 Å². The van der Waals surface area contributed by atoms with Crippen LogP contribution >= 0.6 is 0 Å². The molecule has 4 aromatic rings. The number of hydrogen-bond donors (Lipinski definition) is 0. The average molecular weight is 401 g/mol. The van der Waals surface area contributed by atoms with Gasteiger partial charge in [0.1, 0.15) is 5.75 Å². The van der Waals surface area contributed by atoms with Crippen LogP contribution in [0.3, 0.4) is 0 Å². The Kier molecular flexibility index (Phi) is 3.55. The number of fused-ring (bicyclic) bond motifs is 1. The van der Waals surface area contributed by atoms with Crippen molar-refractivity contribution in [3.05, 3.63) is 136 Å². The lowest BCUT2D eigenvalue weighted by Crippen LogP contribution is -2.46. The van der Waals surface area contributed by atoms with Gasteiger partial charge in [0.25, 0.3) is 0 Å². The molecule has 0 atom stereocenters. The van der Waals surface area contributed by atoms with Crippen LogP contribution in [-0.4, -0.2) is 0 Å². The van der Waals surface area contributed by atoms with Crippen LogP contribution in [0.5, 0.6) is 5.75 Å². The molecule has 4 aliphatic carbocycles. The Morgan fingerprint density at radius 2 is 1.13 bits per heavy atom. The normalized spacial score (nSPS) is 22.1. The van der Waals surface area contributed by atoms with Crippen LogP contribution in [0.15, 0.2) is 91.0 Å². The molecule has 1 nitrogen and oxygen atoms in total. The molecule has 2 bridgehead atoms. The highest BCUT2D eigenvalue weighted by Crippen LogP contribution is 2.59. The summed E-state index contributed by atoms with van der Waals surface area (Å²) in [6.07, 6.45) is 4.78. The average Bonchev–Trinajstić information content (AvgIpc) is 2.85. The van der Waals surface area contributed by atoms with Crippen LogP contribution in [0.1, 0.15) is 63.3 Å². The van der Waals surface area contributed by atoms with E-state index in [0.29, 0.717) is 0 Å². The lowest BCUT2D eigenvalue weighted by Gasteiger charge is -2.50. The molecule has 0 N–H and O–H groups in total. The topological polar surface area (TPSA) is 9.23 Å². The molecule has 0 aliphatic heterocycles. The zero-order valence-corrected chi connectivity index (χ0v) is 17.5. The molecule has 0 aromatic heterocycles. The van der Waals surface area contributed by atoms with E-state index in [0.717, 1.165) is 18.6 Å². The van der Waals surface area contributed by atoms with Gasteiger partial charge in [0, 0.05) is 22.6 Å². The Labute approximate surface area is 183 Å². The Balaban J connectivity index is 1.56. The number of rotatable bonds is 2. The SMILES string of the molecule is c1cc2c(c(OC34c5ccccc5C(c5ccccc53)c3ccccc34)c1)CCCC2. The minimum atomic E-state index is -0.606. The van der Waals surface area contributed by atoms with Crippen LogP contribution in [0.2, 0.25) is 0 Å². The van der Waals surface area contributed by atoms with Crippen LogP contribution < -0.4 is 4.74 Å². The van der Waals surface area contributed by atoms with Gasteiger partial charge in [-0.2, -0.15) is 0 Å². The van der Waals surface area contributed by atoms with Crippen molar-refractivity contribution in [2.24, 2.45) is 0 Å². The first kappa shape index (κ1) is 17.4. The van der Waals surface area contributed by atoms with Gasteiger partial charge >= 0.3 is 0 Å². The van der Waals surface area contributed by atoms with Gasteiger partial charge in [0.2, 0.25) is 0 Å². The van der Waals surface area contributed by atoms with Gasteiger partial charge in [-0.15, -0.1) is 0 Å². The highest BCUT2D eigenvalue weighted by Gasteiger charge is 2.53. The molecule has 4 aliphatic rings. The van der Waals surface area contributed by atoms with Crippen molar-refractivity contribution in [1.82, 2.24) is 0 Å². The van der Waals surface area contributed by atoms with E-state index in [4.69, 9.17) is 4.74 Å². The molecular weight excluding hydrogens is 376 g/mol. The first-order valence-corrected chi connectivity index (χ1v) is 11.5. The maximum Gasteiger partial charge on any atom is 0.185 e. The van der Waals surface area contributed by atoms with E-state index in [-0.39, 0.29) is 5.92 Å².